The van der Waals surface area contributed by atoms with Crippen molar-refractivity contribution in [1.82, 2.24) is 14.9 Å². The minimum Gasteiger partial charge on any atom is -0.354 e. The predicted molar refractivity (Wildman–Crippen MR) is 101 cm³/mol. The smallest absolute Gasteiger partial charge is 0.229 e. The van der Waals surface area contributed by atoms with Crippen LogP contribution in [-0.2, 0) is 0 Å². The lowest BCUT2D eigenvalue weighted by Crippen LogP contribution is -2.46. The van der Waals surface area contributed by atoms with E-state index in [1.807, 2.05) is 37.3 Å². The molecule has 0 saturated carbocycles. The molecule has 0 aliphatic carbocycles. The number of hydrogen-bond donors (Lipinski definition) is 1. The highest BCUT2D eigenvalue weighted by Crippen LogP contribution is 2.20. The number of aryl methyl sites for hydroxylation is 1. The summed E-state index contributed by atoms with van der Waals surface area (Å²) in [6.07, 6.45) is 0. The monoisotopic (exact) mass is 339 g/mol. The molecule has 0 amide bonds. The van der Waals surface area contributed by atoms with Gasteiger partial charge in [-0.2, -0.15) is 4.98 Å². The zero-order valence-electron chi connectivity index (χ0n) is 15.1. The topological polar surface area (TPSA) is 61.4 Å². The number of nitrogens with one attached hydrogen (secondary N) is 1. The molecule has 0 atom stereocenters. The third kappa shape index (κ3) is 4.33. The molecule has 6 nitrogen and oxygen atoms in total. The summed E-state index contributed by atoms with van der Waals surface area (Å²) >= 11 is 0. The number of aromatic nitrogens is 2. The first-order chi connectivity index (χ1) is 12.0. The molecule has 3 rings (SSSR count). The number of likely N-dealkylation sites (N-methyl/N-ethyl adjacent to an activating group) is 1. The molecule has 1 aromatic carbocycles. The summed E-state index contributed by atoms with van der Waals surface area (Å²) in [5.74, 6) is 1.61. The SMILES string of the molecule is CCN1CCN(c2cc(C)nc(Nc3ccc(C(C)=O)cc3)n2)CC1. The summed E-state index contributed by atoms with van der Waals surface area (Å²) in [7, 11) is 0. The van der Waals surface area contributed by atoms with Crippen molar-refractivity contribution >= 4 is 23.2 Å². The normalized spacial score (nSPS) is 15.2. The average Bonchev–Trinajstić information content (AvgIpc) is 2.62. The lowest BCUT2D eigenvalue weighted by Gasteiger charge is -2.34. The van der Waals surface area contributed by atoms with Gasteiger partial charge in [0.1, 0.15) is 5.82 Å². The van der Waals surface area contributed by atoms with Gasteiger partial charge in [-0.05, 0) is 44.7 Å². The Morgan fingerprint density at radius 1 is 1.12 bits per heavy atom. The first kappa shape index (κ1) is 17.4. The average molecular weight is 339 g/mol. The number of ketones is 1. The molecule has 2 aromatic rings. The van der Waals surface area contributed by atoms with Gasteiger partial charge in [0.15, 0.2) is 5.78 Å². The Morgan fingerprint density at radius 2 is 1.80 bits per heavy atom. The fourth-order valence-electron chi connectivity index (χ4n) is 2.98. The second-order valence-electron chi connectivity index (χ2n) is 6.37. The highest BCUT2D eigenvalue weighted by molar-refractivity contribution is 5.94. The van der Waals surface area contributed by atoms with Gasteiger partial charge in [-0.1, -0.05) is 6.92 Å². The molecule has 1 N–H and O–H groups in total. The third-order valence-corrected chi connectivity index (χ3v) is 4.53. The van der Waals surface area contributed by atoms with Crippen molar-refractivity contribution in [2.45, 2.75) is 20.8 Å². The standard InChI is InChI=1S/C19H25N5O/c1-4-23-9-11-24(12-10-23)18-13-14(2)20-19(22-18)21-17-7-5-16(6-8-17)15(3)25/h5-8,13H,4,9-12H2,1-3H3,(H,20,21,22). The zero-order chi connectivity index (χ0) is 17.8. The number of piperazine rings is 1. The van der Waals surface area contributed by atoms with Gasteiger partial charge in [-0.3, -0.25) is 4.79 Å². The van der Waals surface area contributed by atoms with Crippen LogP contribution in [0.25, 0.3) is 0 Å². The summed E-state index contributed by atoms with van der Waals surface area (Å²) in [5, 5.41) is 3.24. The summed E-state index contributed by atoms with van der Waals surface area (Å²) in [6, 6.07) is 9.41. The number of carbonyl (C=O) groups excluding carboxylic acids is 1. The number of carbonyl (C=O) groups is 1. The Balaban J connectivity index is 1.74. The Kier molecular flexibility index (Phi) is 5.28. The van der Waals surface area contributed by atoms with Gasteiger partial charge in [-0.25, -0.2) is 4.98 Å². The van der Waals surface area contributed by atoms with Crippen LogP contribution >= 0.6 is 0 Å². The highest BCUT2D eigenvalue weighted by atomic mass is 16.1. The van der Waals surface area contributed by atoms with Crippen molar-refractivity contribution < 1.29 is 4.79 Å². The Hall–Kier alpha value is -2.47. The Bertz CT molecular complexity index is 736. The summed E-state index contributed by atoms with van der Waals surface area (Å²) in [6.45, 7) is 10.9. The maximum Gasteiger partial charge on any atom is 0.229 e. The minimum absolute atomic E-state index is 0.0619. The fraction of sp³-hybridized carbons (Fsp3) is 0.421. The van der Waals surface area contributed by atoms with Gasteiger partial charge < -0.3 is 15.1 Å². The van der Waals surface area contributed by atoms with Gasteiger partial charge in [0.25, 0.3) is 0 Å². The van der Waals surface area contributed by atoms with Gasteiger partial charge in [0, 0.05) is 49.2 Å². The molecule has 1 saturated heterocycles. The van der Waals surface area contributed by atoms with E-state index in [4.69, 9.17) is 0 Å². The molecular formula is C19H25N5O. The Morgan fingerprint density at radius 3 is 2.40 bits per heavy atom. The number of rotatable bonds is 5. The number of benzene rings is 1. The van der Waals surface area contributed by atoms with Crippen LogP contribution in [0.2, 0.25) is 0 Å². The molecule has 1 aliphatic heterocycles. The van der Waals surface area contributed by atoms with Crippen molar-refractivity contribution in [3.8, 4) is 0 Å². The van der Waals surface area contributed by atoms with Crippen LogP contribution in [0.1, 0.15) is 29.9 Å². The predicted octanol–water partition coefficient (Wildman–Crippen LogP) is 2.87. The summed E-state index contributed by atoms with van der Waals surface area (Å²) in [4.78, 5) is 25.3. The quantitative estimate of drug-likeness (QED) is 0.845. The first-order valence-corrected chi connectivity index (χ1v) is 8.76. The number of Topliss-reactive ketones (excluding diaryl/α,β-unsaturated/α-hetero) is 1. The molecule has 2 heterocycles. The summed E-state index contributed by atoms with van der Waals surface area (Å²) in [5.41, 5.74) is 2.51. The summed E-state index contributed by atoms with van der Waals surface area (Å²) < 4.78 is 0. The second kappa shape index (κ2) is 7.61. The number of hydrogen-bond acceptors (Lipinski definition) is 6. The molecule has 6 heteroatoms. The van der Waals surface area contributed by atoms with Crippen molar-refractivity contribution in [3.05, 3.63) is 41.6 Å². The van der Waals surface area contributed by atoms with Crippen molar-refractivity contribution in [3.63, 3.8) is 0 Å². The molecular weight excluding hydrogens is 314 g/mol. The van der Waals surface area contributed by atoms with Crippen LogP contribution in [0, 0.1) is 6.92 Å². The first-order valence-electron chi connectivity index (χ1n) is 8.76. The van der Waals surface area contributed by atoms with Crippen molar-refractivity contribution in [1.29, 1.82) is 0 Å². The van der Waals surface area contributed by atoms with Crippen molar-refractivity contribution in [2.75, 3.05) is 42.9 Å². The molecule has 25 heavy (non-hydrogen) atoms. The third-order valence-electron chi connectivity index (χ3n) is 4.53. The van der Waals surface area contributed by atoms with E-state index in [0.717, 1.165) is 49.9 Å². The van der Waals surface area contributed by atoms with E-state index in [1.165, 1.54) is 0 Å². The highest BCUT2D eigenvalue weighted by Gasteiger charge is 2.17. The van der Waals surface area contributed by atoms with Crippen LogP contribution in [0.3, 0.4) is 0 Å². The molecule has 0 radical (unpaired) electrons. The fourth-order valence-corrected chi connectivity index (χ4v) is 2.98. The van der Waals surface area contributed by atoms with Gasteiger partial charge in [0.05, 0.1) is 0 Å². The van der Waals surface area contributed by atoms with E-state index >= 15 is 0 Å². The van der Waals surface area contributed by atoms with E-state index in [9.17, 15) is 4.79 Å². The van der Waals surface area contributed by atoms with Crippen LogP contribution in [0.5, 0.6) is 0 Å². The maximum atomic E-state index is 11.4. The van der Waals surface area contributed by atoms with Crippen LogP contribution in [0.15, 0.2) is 30.3 Å². The second-order valence-corrected chi connectivity index (χ2v) is 6.37. The Labute approximate surface area is 148 Å². The lowest BCUT2D eigenvalue weighted by molar-refractivity contribution is 0.101. The minimum atomic E-state index is 0.0619. The molecule has 132 valence electrons. The van der Waals surface area contributed by atoms with E-state index in [2.05, 4.69) is 32.0 Å². The lowest BCUT2D eigenvalue weighted by atomic mass is 10.1. The van der Waals surface area contributed by atoms with E-state index in [-0.39, 0.29) is 5.78 Å². The molecule has 1 aliphatic rings. The van der Waals surface area contributed by atoms with Crippen LogP contribution in [0.4, 0.5) is 17.5 Å². The molecule has 0 unspecified atom stereocenters. The molecule has 1 fully saturated rings. The van der Waals surface area contributed by atoms with E-state index in [1.54, 1.807) is 6.92 Å². The van der Waals surface area contributed by atoms with Crippen molar-refractivity contribution in [2.24, 2.45) is 0 Å². The van der Waals surface area contributed by atoms with Crippen LogP contribution in [-0.4, -0.2) is 53.4 Å². The van der Waals surface area contributed by atoms with Gasteiger partial charge in [0.2, 0.25) is 5.95 Å². The molecule has 0 spiro atoms. The van der Waals surface area contributed by atoms with Crippen LogP contribution < -0.4 is 10.2 Å². The van der Waals surface area contributed by atoms with Gasteiger partial charge in [-0.15, -0.1) is 0 Å². The number of nitrogens with zero attached hydrogens (tertiary/aromatic N) is 4. The molecule has 1 aromatic heterocycles. The maximum absolute atomic E-state index is 11.4. The zero-order valence-corrected chi connectivity index (χ0v) is 15.1. The number of anilines is 3. The van der Waals surface area contributed by atoms with E-state index in [0.29, 0.717) is 11.5 Å². The van der Waals surface area contributed by atoms with Gasteiger partial charge >= 0.3 is 0 Å². The molecule has 0 bridgehead atoms. The largest absolute Gasteiger partial charge is 0.354 e. The van der Waals surface area contributed by atoms with E-state index < -0.39 is 0 Å².